The van der Waals surface area contributed by atoms with Crippen molar-refractivity contribution in [2.75, 3.05) is 0 Å². The first-order valence-electron chi connectivity index (χ1n) is 6.67. The van der Waals surface area contributed by atoms with E-state index >= 15 is 0 Å². The first kappa shape index (κ1) is 14.2. The molecular weight excluding hydrogens is 258 g/mol. The van der Waals surface area contributed by atoms with Gasteiger partial charge in [-0.3, -0.25) is 0 Å². The number of carboxylic acid groups (broad SMARTS) is 1. The second kappa shape index (κ2) is 5.85. The molecule has 0 saturated heterocycles. The third-order valence-electron chi connectivity index (χ3n) is 3.09. The summed E-state index contributed by atoms with van der Waals surface area (Å²) >= 11 is 0. The maximum atomic E-state index is 11.2. The number of aromatic carboxylic acids is 1. The Labute approximate surface area is 117 Å². The van der Waals surface area contributed by atoms with Gasteiger partial charge < -0.3 is 9.67 Å². The molecule has 0 unspecified atom stereocenters. The number of carbonyl (C=O) groups is 1. The van der Waals surface area contributed by atoms with E-state index in [1.165, 1.54) is 0 Å². The molecule has 0 fully saturated rings. The van der Waals surface area contributed by atoms with Gasteiger partial charge in [-0.1, -0.05) is 19.1 Å². The molecule has 0 spiro atoms. The number of aryl methyl sites for hydroxylation is 1. The highest BCUT2D eigenvalue weighted by molar-refractivity contribution is 5.86. The third kappa shape index (κ3) is 2.87. The number of hydrogen-bond acceptors (Lipinski definition) is 4. The van der Waals surface area contributed by atoms with Gasteiger partial charge in [0.05, 0.1) is 30.5 Å². The van der Waals surface area contributed by atoms with Crippen LogP contribution in [0.25, 0.3) is 0 Å². The summed E-state index contributed by atoms with van der Waals surface area (Å²) in [6.45, 7) is 7.41. The van der Waals surface area contributed by atoms with Crippen molar-refractivity contribution < 1.29 is 9.90 Å². The number of aromatic nitrogens is 5. The molecule has 0 aliphatic rings. The smallest absolute Gasteiger partial charge is 0.358 e. The van der Waals surface area contributed by atoms with Crippen LogP contribution < -0.4 is 0 Å². The highest BCUT2D eigenvalue weighted by Gasteiger charge is 2.20. The van der Waals surface area contributed by atoms with Crippen molar-refractivity contribution in [2.24, 2.45) is 5.92 Å². The lowest BCUT2D eigenvalue weighted by molar-refractivity contribution is 0.0689. The van der Waals surface area contributed by atoms with Crippen LogP contribution in [0.1, 0.15) is 42.6 Å². The fourth-order valence-electron chi connectivity index (χ4n) is 2.13. The highest BCUT2D eigenvalue weighted by Crippen LogP contribution is 2.14. The van der Waals surface area contributed by atoms with E-state index in [-0.39, 0.29) is 5.69 Å². The van der Waals surface area contributed by atoms with Crippen molar-refractivity contribution in [1.29, 1.82) is 0 Å². The lowest BCUT2D eigenvalue weighted by atomic mass is 10.1. The Morgan fingerprint density at radius 1 is 1.45 bits per heavy atom. The summed E-state index contributed by atoms with van der Waals surface area (Å²) in [5.41, 5.74) is 1.69. The predicted octanol–water partition coefficient (Wildman–Crippen LogP) is 1.44. The summed E-state index contributed by atoms with van der Waals surface area (Å²) in [4.78, 5) is 15.3. The molecule has 0 aromatic carbocycles. The topological polar surface area (TPSA) is 85.8 Å². The Balaban J connectivity index is 2.34. The van der Waals surface area contributed by atoms with E-state index < -0.39 is 5.97 Å². The van der Waals surface area contributed by atoms with Gasteiger partial charge in [0.1, 0.15) is 0 Å². The standard InChI is InChI=1S/C13H19N5O2/c1-4-17-8-14-6-10(17)7-18-11(5-9(2)3)12(13(19)20)15-16-18/h6,8-9H,4-5,7H2,1-3H3,(H,19,20). The molecule has 1 N–H and O–H groups in total. The van der Waals surface area contributed by atoms with Crippen molar-refractivity contribution in [3.63, 3.8) is 0 Å². The summed E-state index contributed by atoms with van der Waals surface area (Å²) < 4.78 is 3.66. The second-order valence-corrected chi connectivity index (χ2v) is 5.12. The van der Waals surface area contributed by atoms with E-state index in [0.29, 0.717) is 24.6 Å². The number of imidazole rings is 1. The maximum Gasteiger partial charge on any atom is 0.358 e. The van der Waals surface area contributed by atoms with E-state index in [2.05, 4.69) is 15.3 Å². The Kier molecular flexibility index (Phi) is 4.16. The van der Waals surface area contributed by atoms with Crippen LogP contribution in [0.2, 0.25) is 0 Å². The molecule has 2 aromatic rings. The number of carboxylic acids is 1. The molecule has 0 radical (unpaired) electrons. The normalized spacial score (nSPS) is 11.2. The molecule has 0 aliphatic heterocycles. The number of hydrogen-bond donors (Lipinski definition) is 1. The van der Waals surface area contributed by atoms with Gasteiger partial charge in [-0.25, -0.2) is 14.5 Å². The lowest BCUT2D eigenvalue weighted by Gasteiger charge is -2.10. The molecule has 0 saturated carbocycles. The average Bonchev–Trinajstić information content (AvgIpc) is 2.97. The van der Waals surface area contributed by atoms with Crippen molar-refractivity contribution in [3.8, 4) is 0 Å². The summed E-state index contributed by atoms with van der Waals surface area (Å²) in [5.74, 6) is -0.697. The molecule has 2 rings (SSSR count). The zero-order valence-electron chi connectivity index (χ0n) is 11.9. The first-order valence-corrected chi connectivity index (χ1v) is 6.67. The summed E-state index contributed by atoms with van der Waals surface area (Å²) in [6.07, 6.45) is 4.16. The fraction of sp³-hybridized carbons (Fsp3) is 0.538. The van der Waals surface area contributed by atoms with Crippen LogP contribution >= 0.6 is 0 Å². The Bertz CT molecular complexity index is 600. The van der Waals surface area contributed by atoms with E-state index in [1.54, 1.807) is 17.2 Å². The van der Waals surface area contributed by atoms with Crippen LogP contribution in [0.4, 0.5) is 0 Å². The molecule has 7 nitrogen and oxygen atoms in total. The van der Waals surface area contributed by atoms with Crippen LogP contribution in [0.15, 0.2) is 12.5 Å². The zero-order valence-corrected chi connectivity index (χ0v) is 11.9. The maximum absolute atomic E-state index is 11.2. The van der Waals surface area contributed by atoms with E-state index in [0.717, 1.165) is 12.2 Å². The number of rotatable bonds is 6. The quantitative estimate of drug-likeness (QED) is 0.863. The van der Waals surface area contributed by atoms with E-state index in [9.17, 15) is 9.90 Å². The Hall–Kier alpha value is -2.18. The lowest BCUT2D eigenvalue weighted by Crippen LogP contribution is -2.13. The SMILES string of the molecule is CCn1cncc1Cn1nnc(C(=O)O)c1CC(C)C. The average molecular weight is 277 g/mol. The van der Waals surface area contributed by atoms with Crippen molar-refractivity contribution >= 4 is 5.97 Å². The summed E-state index contributed by atoms with van der Waals surface area (Å²) in [5, 5.41) is 17.0. The minimum Gasteiger partial charge on any atom is -0.476 e. The molecule has 0 atom stereocenters. The molecule has 7 heteroatoms. The largest absolute Gasteiger partial charge is 0.476 e. The van der Waals surface area contributed by atoms with Crippen molar-refractivity contribution in [2.45, 2.75) is 40.3 Å². The number of nitrogens with zero attached hydrogens (tertiary/aromatic N) is 5. The molecule has 2 heterocycles. The first-order chi connectivity index (χ1) is 9.52. The van der Waals surface area contributed by atoms with Gasteiger partial charge in [0.2, 0.25) is 0 Å². The van der Waals surface area contributed by atoms with Gasteiger partial charge in [-0.15, -0.1) is 5.10 Å². The highest BCUT2D eigenvalue weighted by atomic mass is 16.4. The van der Waals surface area contributed by atoms with Crippen LogP contribution in [-0.4, -0.2) is 35.6 Å². The zero-order chi connectivity index (χ0) is 14.7. The van der Waals surface area contributed by atoms with E-state index in [1.807, 2.05) is 25.3 Å². The van der Waals surface area contributed by atoms with E-state index in [4.69, 9.17) is 0 Å². The molecule has 0 bridgehead atoms. The van der Waals surface area contributed by atoms with Crippen LogP contribution in [0.5, 0.6) is 0 Å². The van der Waals surface area contributed by atoms with Crippen LogP contribution in [-0.2, 0) is 19.5 Å². The molecule has 20 heavy (non-hydrogen) atoms. The summed E-state index contributed by atoms with van der Waals surface area (Å²) in [7, 11) is 0. The van der Waals surface area contributed by atoms with Gasteiger partial charge in [-0.2, -0.15) is 0 Å². The Morgan fingerprint density at radius 2 is 2.20 bits per heavy atom. The van der Waals surface area contributed by atoms with Crippen LogP contribution in [0.3, 0.4) is 0 Å². The molecule has 2 aromatic heterocycles. The minimum absolute atomic E-state index is 0.0428. The van der Waals surface area contributed by atoms with Crippen LogP contribution in [0, 0.1) is 5.92 Å². The van der Waals surface area contributed by atoms with Gasteiger partial charge in [0, 0.05) is 6.54 Å². The molecular formula is C13H19N5O2. The van der Waals surface area contributed by atoms with Gasteiger partial charge in [0.15, 0.2) is 5.69 Å². The second-order valence-electron chi connectivity index (χ2n) is 5.12. The third-order valence-corrected chi connectivity index (χ3v) is 3.09. The van der Waals surface area contributed by atoms with Gasteiger partial charge in [-0.05, 0) is 19.3 Å². The summed E-state index contributed by atoms with van der Waals surface area (Å²) in [6, 6.07) is 0. The monoisotopic (exact) mass is 277 g/mol. The Morgan fingerprint density at radius 3 is 2.80 bits per heavy atom. The van der Waals surface area contributed by atoms with Crippen molar-refractivity contribution in [1.82, 2.24) is 24.5 Å². The van der Waals surface area contributed by atoms with Gasteiger partial charge >= 0.3 is 5.97 Å². The minimum atomic E-state index is -1.03. The molecule has 0 amide bonds. The molecule has 108 valence electrons. The van der Waals surface area contributed by atoms with Gasteiger partial charge in [0.25, 0.3) is 0 Å². The molecule has 0 aliphatic carbocycles. The fourth-order valence-corrected chi connectivity index (χ4v) is 2.13. The van der Waals surface area contributed by atoms with Crippen molar-refractivity contribution in [3.05, 3.63) is 29.6 Å². The predicted molar refractivity (Wildman–Crippen MR) is 72.5 cm³/mol.